The van der Waals surface area contributed by atoms with E-state index >= 15 is 4.79 Å². The van der Waals surface area contributed by atoms with Gasteiger partial charge in [-0.1, -0.05) is 105 Å². The summed E-state index contributed by atoms with van der Waals surface area (Å²) in [5.41, 5.74) is -2.60. The quantitative estimate of drug-likeness (QED) is 0.0257. The lowest BCUT2D eigenvalue weighted by Crippen LogP contribution is -2.75. The van der Waals surface area contributed by atoms with Crippen molar-refractivity contribution < 1.29 is 108 Å². The molecule has 7 fully saturated rings. The Bertz CT molecular complexity index is 2550. The van der Waals surface area contributed by atoms with E-state index in [0.29, 0.717) is 64.2 Å². The molecule has 0 spiro atoms. The van der Waals surface area contributed by atoms with E-state index in [1.165, 1.54) is 6.08 Å². The van der Waals surface area contributed by atoms with Crippen LogP contribution >= 0.6 is 0 Å². The number of ether oxygens (including phenoxy) is 8. The molecule has 4 saturated carbocycles. The second-order valence-electron chi connectivity index (χ2n) is 29.5. The molecule has 88 heavy (non-hydrogen) atoms. The molecule has 3 saturated heterocycles. The summed E-state index contributed by atoms with van der Waals surface area (Å²) in [7, 11) is 0. The fraction of sp³-hybridized carbons (Fsp3) is 0.864. The maximum atomic E-state index is 15.2. The summed E-state index contributed by atoms with van der Waals surface area (Å²) in [6.45, 7) is 23.9. The lowest BCUT2D eigenvalue weighted by atomic mass is 9.31. The van der Waals surface area contributed by atoms with Gasteiger partial charge in [0.1, 0.15) is 72.9 Å². The Morgan fingerprint density at radius 1 is 0.727 bits per heavy atom. The number of Topliss-reactive ketones (excluding diaryl/α,β-unsaturated/α-hetero) is 1. The van der Waals surface area contributed by atoms with Crippen molar-refractivity contribution in [3.05, 3.63) is 34.9 Å². The highest BCUT2D eigenvalue weighted by Gasteiger charge is 2.76. The second kappa shape index (κ2) is 27.2. The summed E-state index contributed by atoms with van der Waals surface area (Å²) in [6.07, 6.45) is -17.5. The Labute approximate surface area is 518 Å². The van der Waals surface area contributed by atoms with Crippen LogP contribution in [0.1, 0.15) is 161 Å². The topological polar surface area (TPSA) is 348 Å². The molecule has 8 rings (SSSR count). The van der Waals surface area contributed by atoms with Crippen LogP contribution in [0.25, 0.3) is 0 Å². The van der Waals surface area contributed by atoms with Crippen LogP contribution in [0.3, 0.4) is 0 Å². The van der Waals surface area contributed by atoms with Gasteiger partial charge in [-0.05, 0) is 119 Å². The highest BCUT2D eigenvalue weighted by Crippen LogP contribution is 2.76. The first-order chi connectivity index (χ1) is 41.2. The smallest absolute Gasteiger partial charge is 0.338 e. The number of unbranched alkanes of at least 4 members (excludes halogenated alkanes) is 1. The molecule has 1 unspecified atom stereocenters. The van der Waals surface area contributed by atoms with Gasteiger partial charge in [0.2, 0.25) is 0 Å². The number of fused-ring (bicyclic) bond motifs is 7. The number of carbonyl (C=O) groups excluding carboxylic acids is 3. The van der Waals surface area contributed by atoms with E-state index < -0.39 is 192 Å². The normalized spacial score (nSPS) is 45.8. The van der Waals surface area contributed by atoms with Crippen molar-refractivity contribution in [3.8, 4) is 0 Å². The minimum Gasteiger partial charge on any atom is -0.464 e. The van der Waals surface area contributed by atoms with E-state index in [-0.39, 0.29) is 24.2 Å². The SMILES string of the molecule is CCCCOC(=O)[C@H]1O[C@@H](O[C@H]2CC[C@]3(C)[C@H]4CC=C5[C@@H]6CC(C)(C)[C@@H](OC(=O)/C=C(/C)CCC=C(C)C)[C@H](C(=O)C(C)CC)[C@]6(CO)[C@H](O)[C@H](O)[C@@]5(C)[C@]4(C)CC[C@H]3C2(C)C)[C@H](O[C@@H]2O[C@H](CO)[C@@H](O)[C@H](O)[C@H]2O)[C@@H](O)[C@@H]1O[C@@H]1O[C@@H](CO)[C@H](O)[C@H]1O. The minimum atomic E-state index is -1.98. The number of rotatable bonds is 21. The molecule has 3 heterocycles. The number of hydrogen-bond acceptors (Lipinski definition) is 22. The van der Waals surface area contributed by atoms with Crippen molar-refractivity contribution in [2.45, 2.75) is 271 Å². The van der Waals surface area contributed by atoms with E-state index in [0.717, 1.165) is 23.1 Å². The molecule has 27 atom stereocenters. The number of allylic oxidation sites excluding steroid dienone is 4. The van der Waals surface area contributed by atoms with Gasteiger partial charge in [-0.3, -0.25) is 4.79 Å². The summed E-state index contributed by atoms with van der Waals surface area (Å²) >= 11 is 0. The summed E-state index contributed by atoms with van der Waals surface area (Å²) in [5, 5.41) is 126. The van der Waals surface area contributed by atoms with Crippen molar-refractivity contribution in [1.82, 2.24) is 0 Å². The molecule has 3 aliphatic heterocycles. The molecule has 502 valence electrons. The van der Waals surface area contributed by atoms with Gasteiger partial charge in [-0.15, -0.1) is 0 Å². The zero-order valence-electron chi connectivity index (χ0n) is 54.0. The molecule has 0 radical (unpaired) electrons. The molecule has 0 bridgehead atoms. The molecule has 11 N–H and O–H groups in total. The first kappa shape index (κ1) is 71.0. The van der Waals surface area contributed by atoms with E-state index in [1.807, 2.05) is 62.3 Å². The Balaban J connectivity index is 1.13. The first-order valence-corrected chi connectivity index (χ1v) is 32.4. The summed E-state index contributed by atoms with van der Waals surface area (Å²) in [5.74, 6) is -4.36. The fourth-order valence-electron chi connectivity index (χ4n) is 17.8. The van der Waals surface area contributed by atoms with Crippen LogP contribution in [0, 0.1) is 62.1 Å². The third-order valence-electron chi connectivity index (χ3n) is 23.3. The van der Waals surface area contributed by atoms with E-state index in [2.05, 4.69) is 39.8 Å². The van der Waals surface area contributed by atoms with Crippen LogP contribution in [-0.4, -0.2) is 211 Å². The number of hydrogen-bond donors (Lipinski definition) is 11. The van der Waals surface area contributed by atoms with Crippen LogP contribution in [0.5, 0.6) is 0 Å². The van der Waals surface area contributed by atoms with Crippen LogP contribution < -0.4 is 0 Å². The Kier molecular flexibility index (Phi) is 22.0. The van der Waals surface area contributed by atoms with E-state index in [9.17, 15) is 65.8 Å². The maximum absolute atomic E-state index is 15.2. The van der Waals surface area contributed by atoms with Crippen LogP contribution in [0.4, 0.5) is 0 Å². The molecule has 5 aliphatic carbocycles. The first-order valence-electron chi connectivity index (χ1n) is 32.4. The predicted octanol–water partition coefficient (Wildman–Crippen LogP) is 3.60. The Hall–Kier alpha value is -2.85. The third-order valence-corrected chi connectivity index (χ3v) is 23.3. The van der Waals surface area contributed by atoms with Gasteiger partial charge < -0.3 is 94.1 Å². The largest absolute Gasteiger partial charge is 0.464 e. The Morgan fingerprint density at radius 3 is 1.93 bits per heavy atom. The Morgan fingerprint density at radius 2 is 1.34 bits per heavy atom. The van der Waals surface area contributed by atoms with Crippen molar-refractivity contribution in [2.75, 3.05) is 26.4 Å². The van der Waals surface area contributed by atoms with Crippen molar-refractivity contribution in [2.24, 2.45) is 62.1 Å². The lowest BCUT2D eigenvalue weighted by Gasteiger charge is -2.73. The summed E-state index contributed by atoms with van der Waals surface area (Å²) in [4.78, 5) is 43.4. The molecular formula is C66H106O22. The van der Waals surface area contributed by atoms with Crippen LogP contribution in [-0.2, 0) is 52.3 Å². The standard InChI is InChI=1S/C66H106O22/c1-14-16-26-81-57(80)53-51(86-58-48(75)46(73)38(30-68)83-58)50(77)52(87-59-49(76)47(74)45(72)37(29-67)82-59)60(88-53)84-41-23-24-63(11)39(62(41,9)10)22-25-64(12)40(63)21-20-35-36-28-61(7,8)56(85-42(70)27-33(5)19-17-18-32(3)4)43(44(71)34(6)15-2)66(36,31-69)55(79)54(78)65(35,64)13/h18,20,27,34,36-41,43,45-56,58-60,67-69,72-79H,14-17,19,21-26,28-31H2,1-13H3/b33-27-/t34?,36-,37+,38-,39-,40+,41-,43-,45+,46-,47-,48+,49+,50-,51-,52+,53-,54-,55+,56-,58-,59-,60+,63-,64+,65-,66+/m0/s1. The monoisotopic (exact) mass is 1250 g/mol. The van der Waals surface area contributed by atoms with Gasteiger partial charge in [0.15, 0.2) is 25.0 Å². The number of aliphatic hydroxyl groups excluding tert-OH is 11. The lowest BCUT2D eigenvalue weighted by molar-refractivity contribution is -0.383. The predicted molar refractivity (Wildman–Crippen MR) is 317 cm³/mol. The van der Waals surface area contributed by atoms with Gasteiger partial charge in [-0.2, -0.15) is 0 Å². The van der Waals surface area contributed by atoms with Crippen molar-refractivity contribution in [3.63, 3.8) is 0 Å². The van der Waals surface area contributed by atoms with Gasteiger partial charge in [0.25, 0.3) is 0 Å². The number of esters is 2. The molecule has 22 heteroatoms. The molecule has 0 aromatic heterocycles. The summed E-state index contributed by atoms with van der Waals surface area (Å²) < 4.78 is 49.4. The third kappa shape index (κ3) is 12.2. The molecule has 0 aromatic rings. The van der Waals surface area contributed by atoms with Gasteiger partial charge in [0.05, 0.1) is 50.7 Å². The summed E-state index contributed by atoms with van der Waals surface area (Å²) in [6, 6.07) is 0. The zero-order valence-corrected chi connectivity index (χ0v) is 54.0. The van der Waals surface area contributed by atoms with E-state index in [1.54, 1.807) is 0 Å². The second-order valence-corrected chi connectivity index (χ2v) is 29.5. The molecule has 0 amide bonds. The number of carbonyl (C=O) groups is 3. The van der Waals surface area contributed by atoms with Gasteiger partial charge in [-0.25, -0.2) is 9.59 Å². The molecular weight excluding hydrogens is 1140 g/mol. The molecule has 0 aromatic carbocycles. The zero-order chi connectivity index (χ0) is 65.1. The average Bonchev–Trinajstić information content (AvgIpc) is 0.729. The number of aliphatic hydroxyl groups is 11. The van der Waals surface area contributed by atoms with Gasteiger partial charge >= 0.3 is 11.9 Å². The fourth-order valence-corrected chi connectivity index (χ4v) is 17.8. The highest BCUT2D eigenvalue weighted by molar-refractivity contribution is 5.87. The van der Waals surface area contributed by atoms with Crippen LogP contribution in [0.2, 0.25) is 0 Å². The molecule has 22 nitrogen and oxygen atoms in total. The minimum absolute atomic E-state index is 0.0453. The maximum Gasteiger partial charge on any atom is 0.338 e. The highest BCUT2D eigenvalue weighted by atomic mass is 16.8. The van der Waals surface area contributed by atoms with Crippen LogP contribution in [0.15, 0.2) is 34.9 Å². The van der Waals surface area contributed by atoms with E-state index in [4.69, 9.17) is 37.9 Å². The van der Waals surface area contributed by atoms with Crippen molar-refractivity contribution >= 4 is 17.7 Å². The molecule has 8 aliphatic rings. The van der Waals surface area contributed by atoms with Gasteiger partial charge in [0, 0.05) is 28.2 Å². The van der Waals surface area contributed by atoms with Crippen molar-refractivity contribution in [1.29, 1.82) is 0 Å². The average molecular weight is 1250 g/mol. The number of ketones is 1.